The molecule has 1 aromatic carbocycles. The van der Waals surface area contributed by atoms with Gasteiger partial charge in [0, 0.05) is 17.3 Å². The number of nitrogens with zero attached hydrogens (tertiary/aromatic N) is 2. The minimum absolute atomic E-state index is 0.179. The Kier molecular flexibility index (Phi) is 2.45. The van der Waals surface area contributed by atoms with Crippen LogP contribution in [0.2, 0.25) is 5.02 Å². The maximum absolute atomic E-state index is 11.4. The Morgan fingerprint density at radius 1 is 1.28 bits per heavy atom. The summed E-state index contributed by atoms with van der Waals surface area (Å²) >= 11 is 6.28. The van der Waals surface area contributed by atoms with Gasteiger partial charge < -0.3 is 4.98 Å². The molecule has 0 spiro atoms. The second-order valence-electron chi connectivity index (χ2n) is 4.06. The highest BCUT2D eigenvalue weighted by molar-refractivity contribution is 6.36. The van der Waals surface area contributed by atoms with Crippen molar-refractivity contribution in [2.24, 2.45) is 0 Å². The van der Waals surface area contributed by atoms with Crippen LogP contribution in [0.3, 0.4) is 0 Å². The molecule has 0 atom stereocenters. The molecule has 90 valence electrons. The molecule has 0 saturated carbocycles. The molecule has 0 bridgehead atoms. The first-order chi connectivity index (χ1) is 8.66. The molecule has 3 aromatic rings. The Morgan fingerprint density at radius 3 is 2.72 bits per heavy atom. The molecule has 0 fully saturated rings. The number of aromatic amines is 1. The number of hydrogen-bond acceptors (Lipinski definition) is 2. The number of H-pyrrole nitrogens is 1. The van der Waals surface area contributed by atoms with Crippen molar-refractivity contribution in [3.8, 4) is 11.3 Å². The van der Waals surface area contributed by atoms with Gasteiger partial charge in [-0.1, -0.05) is 41.9 Å². The van der Waals surface area contributed by atoms with Crippen molar-refractivity contribution in [3.05, 3.63) is 57.5 Å². The first kappa shape index (κ1) is 11.0. The van der Waals surface area contributed by atoms with Crippen LogP contribution in [0.25, 0.3) is 16.9 Å². The van der Waals surface area contributed by atoms with Gasteiger partial charge in [0.1, 0.15) is 10.7 Å². The predicted octanol–water partition coefficient (Wildman–Crippen LogP) is 2.65. The van der Waals surface area contributed by atoms with Crippen molar-refractivity contribution in [3.63, 3.8) is 0 Å². The van der Waals surface area contributed by atoms with Gasteiger partial charge in [-0.25, -0.2) is 4.52 Å². The molecular weight excluding hydrogens is 250 g/mol. The van der Waals surface area contributed by atoms with Crippen LogP contribution in [-0.4, -0.2) is 14.6 Å². The van der Waals surface area contributed by atoms with Gasteiger partial charge in [-0.3, -0.25) is 4.79 Å². The van der Waals surface area contributed by atoms with E-state index in [2.05, 4.69) is 10.1 Å². The van der Waals surface area contributed by atoms with Gasteiger partial charge in [-0.15, -0.1) is 0 Å². The van der Waals surface area contributed by atoms with Gasteiger partial charge in [0.15, 0.2) is 5.65 Å². The second kappa shape index (κ2) is 3.99. The molecule has 0 radical (unpaired) electrons. The summed E-state index contributed by atoms with van der Waals surface area (Å²) in [6, 6.07) is 11.1. The Bertz CT molecular complexity index is 774. The van der Waals surface area contributed by atoms with Crippen molar-refractivity contribution in [1.82, 2.24) is 14.6 Å². The van der Waals surface area contributed by atoms with Crippen molar-refractivity contribution in [2.75, 3.05) is 0 Å². The minimum Gasteiger partial charge on any atom is -0.306 e. The van der Waals surface area contributed by atoms with E-state index in [0.717, 1.165) is 11.3 Å². The van der Waals surface area contributed by atoms with Gasteiger partial charge in [0.05, 0.1) is 0 Å². The zero-order chi connectivity index (χ0) is 12.7. The van der Waals surface area contributed by atoms with Crippen LogP contribution in [0, 0.1) is 6.92 Å². The fraction of sp³-hybridized carbons (Fsp3) is 0.0769. The van der Waals surface area contributed by atoms with Gasteiger partial charge in [0.2, 0.25) is 0 Å². The fourth-order valence-corrected chi connectivity index (χ4v) is 2.22. The van der Waals surface area contributed by atoms with Crippen LogP contribution in [0.1, 0.15) is 5.69 Å². The molecule has 0 unspecified atom stereocenters. The Morgan fingerprint density at radius 2 is 2.00 bits per heavy atom. The molecule has 0 aliphatic rings. The van der Waals surface area contributed by atoms with E-state index in [0.29, 0.717) is 16.4 Å². The van der Waals surface area contributed by atoms with Crippen LogP contribution < -0.4 is 5.56 Å². The van der Waals surface area contributed by atoms with Crippen LogP contribution >= 0.6 is 11.6 Å². The lowest BCUT2D eigenvalue weighted by Crippen LogP contribution is -2.09. The van der Waals surface area contributed by atoms with E-state index in [9.17, 15) is 4.79 Å². The van der Waals surface area contributed by atoms with Crippen LogP contribution in [0.15, 0.2) is 41.2 Å². The third-order valence-corrected chi connectivity index (χ3v) is 3.15. The van der Waals surface area contributed by atoms with Crippen molar-refractivity contribution in [1.29, 1.82) is 0 Å². The van der Waals surface area contributed by atoms with E-state index in [1.165, 1.54) is 6.07 Å². The van der Waals surface area contributed by atoms with Gasteiger partial charge >= 0.3 is 0 Å². The van der Waals surface area contributed by atoms with E-state index in [4.69, 9.17) is 11.6 Å². The van der Waals surface area contributed by atoms with Gasteiger partial charge in [-0.05, 0) is 6.92 Å². The molecular formula is C13H10ClN3O. The standard InChI is InChI=1S/C13H10ClN3O/c1-8-7-10(18)15-13-11(14)12(16-17(8)13)9-5-3-2-4-6-9/h2-7H,1H3,(H,15,18). The molecule has 5 heteroatoms. The SMILES string of the molecule is Cc1cc(=O)[nH]c2c(Cl)c(-c3ccccc3)nn12. The quantitative estimate of drug-likeness (QED) is 0.730. The molecule has 0 aliphatic heterocycles. The first-order valence-corrected chi connectivity index (χ1v) is 5.88. The van der Waals surface area contributed by atoms with E-state index >= 15 is 0 Å². The highest BCUT2D eigenvalue weighted by Gasteiger charge is 2.14. The molecule has 2 heterocycles. The third kappa shape index (κ3) is 1.62. The second-order valence-corrected chi connectivity index (χ2v) is 4.44. The molecule has 2 aromatic heterocycles. The number of hydrogen-bond donors (Lipinski definition) is 1. The lowest BCUT2D eigenvalue weighted by molar-refractivity contribution is 0.890. The minimum atomic E-state index is -0.179. The molecule has 0 amide bonds. The number of aromatic nitrogens is 3. The first-order valence-electron chi connectivity index (χ1n) is 5.50. The topological polar surface area (TPSA) is 50.2 Å². The highest BCUT2D eigenvalue weighted by atomic mass is 35.5. The average Bonchev–Trinajstić information content (AvgIpc) is 2.69. The Balaban J connectivity index is 2.37. The monoisotopic (exact) mass is 259 g/mol. The fourth-order valence-electron chi connectivity index (χ4n) is 1.95. The summed E-state index contributed by atoms with van der Waals surface area (Å²) in [5, 5.41) is 4.90. The number of fused-ring (bicyclic) bond motifs is 1. The lowest BCUT2D eigenvalue weighted by Gasteiger charge is -1.96. The van der Waals surface area contributed by atoms with E-state index < -0.39 is 0 Å². The largest absolute Gasteiger partial charge is 0.306 e. The summed E-state index contributed by atoms with van der Waals surface area (Å²) in [5.41, 5.74) is 2.69. The van der Waals surface area contributed by atoms with Crippen molar-refractivity contribution in [2.45, 2.75) is 6.92 Å². The van der Waals surface area contributed by atoms with Crippen LogP contribution in [-0.2, 0) is 0 Å². The average molecular weight is 260 g/mol. The zero-order valence-corrected chi connectivity index (χ0v) is 10.4. The zero-order valence-electron chi connectivity index (χ0n) is 9.64. The van der Waals surface area contributed by atoms with Gasteiger partial charge in [-0.2, -0.15) is 5.10 Å². The lowest BCUT2D eigenvalue weighted by atomic mass is 10.2. The predicted molar refractivity (Wildman–Crippen MR) is 71.0 cm³/mol. The van der Waals surface area contributed by atoms with Crippen LogP contribution in [0.5, 0.6) is 0 Å². The van der Waals surface area contributed by atoms with Gasteiger partial charge in [0.25, 0.3) is 5.56 Å². The van der Waals surface area contributed by atoms with E-state index in [-0.39, 0.29) is 5.56 Å². The summed E-state index contributed by atoms with van der Waals surface area (Å²) in [7, 11) is 0. The number of nitrogens with one attached hydrogen (secondary N) is 1. The molecule has 4 nitrogen and oxygen atoms in total. The number of benzene rings is 1. The summed E-state index contributed by atoms with van der Waals surface area (Å²) in [6.45, 7) is 1.82. The van der Waals surface area contributed by atoms with Crippen molar-refractivity contribution < 1.29 is 0 Å². The molecule has 0 aliphatic carbocycles. The Labute approximate surface area is 108 Å². The maximum Gasteiger partial charge on any atom is 0.251 e. The van der Waals surface area contributed by atoms with Crippen LogP contribution in [0.4, 0.5) is 0 Å². The number of rotatable bonds is 1. The molecule has 18 heavy (non-hydrogen) atoms. The third-order valence-electron chi connectivity index (χ3n) is 2.79. The smallest absolute Gasteiger partial charge is 0.251 e. The maximum atomic E-state index is 11.4. The Hall–Kier alpha value is -2.07. The van der Waals surface area contributed by atoms with Crippen molar-refractivity contribution >= 4 is 17.2 Å². The summed E-state index contributed by atoms with van der Waals surface area (Å²) in [4.78, 5) is 14.1. The normalized spacial score (nSPS) is 11.0. The summed E-state index contributed by atoms with van der Waals surface area (Å²) in [5.74, 6) is 0. The number of aryl methyl sites for hydroxylation is 1. The highest BCUT2D eigenvalue weighted by Crippen LogP contribution is 2.29. The molecule has 1 N–H and O–H groups in total. The van der Waals surface area contributed by atoms with E-state index in [1.807, 2.05) is 37.3 Å². The summed E-state index contributed by atoms with van der Waals surface area (Å²) in [6.07, 6.45) is 0. The molecule has 3 rings (SSSR count). The molecule has 0 saturated heterocycles. The van der Waals surface area contributed by atoms with E-state index in [1.54, 1.807) is 4.52 Å². The summed E-state index contributed by atoms with van der Waals surface area (Å²) < 4.78 is 1.64. The number of halogens is 1.